The highest BCUT2D eigenvalue weighted by Gasteiger charge is 2.73. The maximum atomic E-state index is 16.6. The van der Waals surface area contributed by atoms with Gasteiger partial charge in [0, 0.05) is 69.9 Å². The maximum Gasteiger partial charge on any atom is 0.459 e. The topological polar surface area (TPSA) is 636 Å². The van der Waals surface area contributed by atoms with Crippen LogP contribution in [0, 0.1) is 0 Å². The highest BCUT2D eigenvalue weighted by molar-refractivity contribution is 7.87. The van der Waals surface area contributed by atoms with E-state index in [4.69, 9.17) is 96.0 Å². The number of hydrogen-bond donors (Lipinski definition) is 13. The summed E-state index contributed by atoms with van der Waals surface area (Å²) in [7, 11) is -6.48. The Bertz CT molecular complexity index is 5620. The Morgan fingerprint density at radius 1 is 0.455 bits per heavy atom. The molecule has 6 fully saturated rings. The fraction of sp³-hybridized carbons (Fsp3) is 0.592. The molecule has 0 bridgehead atoms. The Balaban J connectivity index is 0.000000237. The van der Waals surface area contributed by atoms with E-state index in [1.54, 1.807) is 84.9 Å². The third kappa shape index (κ3) is 26.2. The second-order valence-corrected chi connectivity index (χ2v) is 38.8. The Hall–Kier alpha value is -8.97. The number of ether oxygens (including phenoxy) is 13. The Kier molecular flexibility index (Phi) is 36.5. The van der Waals surface area contributed by atoms with Crippen molar-refractivity contribution < 1.29 is 156 Å². The third-order valence-corrected chi connectivity index (χ3v) is 23.8. The second-order valence-electron chi connectivity index (χ2n) is 31.5. The van der Waals surface area contributed by atoms with Crippen LogP contribution in [0.5, 0.6) is 11.5 Å². The zero-order valence-electron chi connectivity index (χ0n) is 72.8. The number of aromatic nitrogens is 8. The van der Waals surface area contributed by atoms with Crippen molar-refractivity contribution in [1.29, 1.82) is 0 Å². The van der Waals surface area contributed by atoms with E-state index in [-0.39, 0.29) is 25.0 Å². The van der Waals surface area contributed by atoms with E-state index >= 15 is 8.78 Å². The van der Waals surface area contributed by atoms with Gasteiger partial charge >= 0.3 is 56.2 Å². The van der Waals surface area contributed by atoms with E-state index in [1.807, 2.05) is 15.0 Å². The summed E-state index contributed by atoms with van der Waals surface area (Å²) >= 11 is 5.45. The molecule has 0 amide bonds. The number of hydrogen-bond acceptors (Lipinski definition) is 37. The van der Waals surface area contributed by atoms with E-state index in [9.17, 15) is 101 Å². The third-order valence-electron chi connectivity index (χ3n) is 19.4. The first-order valence-electron chi connectivity index (χ1n) is 39.4. The number of nitrogens with one attached hydrogen (secondary N) is 7. The number of carbonyl (C=O) groups excluding carboxylic acids is 3. The van der Waals surface area contributed by atoms with E-state index in [0.29, 0.717) is 4.57 Å². The number of carbonyl (C=O) groups is 3. The number of halogens is 5. The van der Waals surface area contributed by atoms with Gasteiger partial charge in [0.15, 0.2) is 37.1 Å². The minimum absolute atomic E-state index is 0. The standard InChI is InChI=1S/C24H31FN3O11P.C22H29FN3O10P.C12H15FN2O7.C10H13FN2O6.C7H15ClNO3P.CH4/c1-14(2)35-18(30)15(3)27-40(32,39-16-9-7-6-8-10-16)34-13-24(25)19-23(4,38-22(33-5)36-19)20(37-24)28-12-11-17(29)26-21(28)31;1-13(2)34-17(28)14(3)25-37(32,36-15-8-6-5-7-9-15)33-12-22(23)18(29)21(4,31)19(35-22)26-11-10-16(27)24-20(26)30;1-11-7(20-10(19-2)22-11)12(13,5-16)21-8(11)15-4-3-6(17)14-9(15)18;1-9(18)6(16)10(11,4-14)19-7(9)13-3-2-5(15)12-8(13)17;1-5(2)12-7(10)6(3)9-13(4,8)11;/h6-12,14-15,19-20,22H,13H2,1-5H3,(H,27,32)(H,26,29,31);5-11,13-14,18-19,29,31H,12H2,1-4H3,(H,25,32)(H,24,27,30);3-4,7-8,10,16H,5H2,1-2H3,(H,14,17,18);2-3,6-7,14,16,18H,4H2,1H3,(H,12,15,17);5-6H,1-4H3,(H,9,11);1H4/t15-,19-,20+,22?,23+,24+,40?;14-,18-,19+,21+,22+,37?;7-,8+,10?,11+,12+;6-,7+,9+,10+;6-,13?;/m00000./s1. The summed E-state index contributed by atoms with van der Waals surface area (Å²) in [5, 5.41) is 66.5. The summed E-state index contributed by atoms with van der Waals surface area (Å²) < 4.78 is 193. The quantitative estimate of drug-likeness (QED) is 0.0133. The molecule has 0 aliphatic carbocycles. The van der Waals surface area contributed by atoms with Crippen molar-refractivity contribution in [3.05, 3.63) is 193 Å². The van der Waals surface area contributed by atoms with Crippen molar-refractivity contribution >= 4 is 51.3 Å². The first kappa shape index (κ1) is 110. The molecule has 48 nitrogen and oxygen atoms in total. The molecule has 2 aromatic carbocycles. The lowest BCUT2D eigenvalue weighted by molar-refractivity contribution is -0.301. The molecule has 13 N–H and O–H groups in total. The zero-order valence-corrected chi connectivity index (χ0v) is 76.3. The molecular formula is C76H107ClF4N11O37P3. The summed E-state index contributed by atoms with van der Waals surface area (Å²) in [6.07, 6.45) is -10.3. The normalized spacial score (nSPS) is 31.1. The first-order chi connectivity index (χ1) is 60.7. The molecule has 0 spiro atoms. The van der Waals surface area contributed by atoms with Crippen molar-refractivity contribution in [3.63, 3.8) is 0 Å². The summed E-state index contributed by atoms with van der Waals surface area (Å²) in [6, 6.07) is 16.6. The molecule has 0 radical (unpaired) electrons. The van der Waals surface area contributed by atoms with Crippen LogP contribution in [0.3, 0.4) is 0 Å². The molecule has 6 saturated heterocycles. The van der Waals surface area contributed by atoms with Gasteiger partial charge in [0.1, 0.15) is 90.7 Å². The SMILES string of the molecule is C.CC(C)OC(=O)[C@H](C)NP(=O)(OC[C@@]1(F)O[C@@H](n2ccc(=O)[nH]c2=O)[C@](C)(O)[C@@H]1O)Oc1ccccc1.CC(C)OC(=O)[C@H](C)NP(C)(=O)Cl.COC1O[C@H]2[C@@](C)(O1)[C@H](n1ccc(=O)[nH]c1=O)O[C@]2(F)CO.COC1O[C@H]2[C@@](C)(O1)[C@H](n1ccc(=O)[nH]c1=O)O[C@]2(F)COP(=O)(N[C@@H](C)C(=O)OC(C)C)Oc1ccccc1.C[C@]1(O)[C@H](n2ccc(=O)[nH]c2=O)O[C@](F)(CO)[C@H]1O. The number of aliphatic hydroxyl groups excluding tert-OH is 4. The van der Waals surface area contributed by atoms with Crippen molar-refractivity contribution in [2.75, 3.05) is 47.3 Å². The van der Waals surface area contributed by atoms with Gasteiger partial charge in [0.25, 0.3) is 58.6 Å². The highest BCUT2D eigenvalue weighted by Crippen LogP contribution is 2.57. The lowest BCUT2D eigenvalue weighted by Crippen LogP contribution is -2.50. The number of nitrogens with zero attached hydrogens (tertiary/aromatic N) is 4. The molecule has 24 atom stereocenters. The van der Waals surface area contributed by atoms with E-state index in [0.717, 1.165) is 76.6 Å². The van der Waals surface area contributed by atoms with Gasteiger partial charge < -0.3 is 101 Å². The fourth-order valence-corrected chi connectivity index (χ4v) is 17.6. The van der Waals surface area contributed by atoms with Crippen LogP contribution in [0.4, 0.5) is 17.6 Å². The van der Waals surface area contributed by atoms with Gasteiger partial charge in [0.2, 0.25) is 6.65 Å². The van der Waals surface area contributed by atoms with E-state index < -0.39 is 250 Å². The molecule has 10 heterocycles. The molecule has 6 aromatic rings. The average molecular weight is 1970 g/mol. The first-order valence-corrected chi connectivity index (χ1v) is 45.6. The lowest BCUT2D eigenvalue weighted by atomic mass is 9.95. The molecule has 6 aliphatic rings. The zero-order chi connectivity index (χ0) is 98.1. The van der Waals surface area contributed by atoms with Crippen molar-refractivity contribution in [1.82, 2.24) is 53.5 Å². The number of alkyl halides is 4. The molecule has 738 valence electrons. The van der Waals surface area contributed by atoms with Crippen LogP contribution in [0.25, 0.3) is 0 Å². The molecule has 12 rings (SSSR count). The van der Waals surface area contributed by atoms with Crippen molar-refractivity contribution in [3.8, 4) is 11.5 Å². The average Bonchev–Trinajstić information content (AvgIpc) is 1.55. The number of esters is 3. The van der Waals surface area contributed by atoms with Crippen molar-refractivity contribution in [2.24, 2.45) is 0 Å². The van der Waals surface area contributed by atoms with Crippen LogP contribution >= 0.6 is 33.4 Å². The van der Waals surface area contributed by atoms with Crippen LogP contribution in [0.1, 0.15) is 122 Å². The van der Waals surface area contributed by atoms with Gasteiger partial charge in [-0.1, -0.05) is 43.8 Å². The number of fused-ring (bicyclic) bond motifs is 2. The predicted molar refractivity (Wildman–Crippen MR) is 448 cm³/mol. The summed E-state index contributed by atoms with van der Waals surface area (Å²) in [5.74, 6) is -13.4. The van der Waals surface area contributed by atoms with Gasteiger partial charge in [-0.15, -0.1) is 0 Å². The minimum atomic E-state index is -4.55. The summed E-state index contributed by atoms with van der Waals surface area (Å²) in [5.41, 5.74) is -14.1. The van der Waals surface area contributed by atoms with Crippen LogP contribution in [-0.4, -0.2) is 254 Å². The number of benzene rings is 2. The number of aromatic amines is 4. The van der Waals surface area contributed by atoms with E-state index in [2.05, 4.69) is 20.2 Å². The minimum Gasteiger partial charge on any atom is -0.462 e. The molecule has 4 aromatic heterocycles. The molecular weight excluding hydrogens is 1860 g/mol. The van der Waals surface area contributed by atoms with Gasteiger partial charge in [0.05, 0.1) is 18.3 Å². The Morgan fingerprint density at radius 2 is 0.735 bits per heavy atom. The van der Waals surface area contributed by atoms with Gasteiger partial charge in [-0.3, -0.25) is 85.4 Å². The van der Waals surface area contributed by atoms with Crippen LogP contribution < -0.4 is 69.3 Å². The summed E-state index contributed by atoms with van der Waals surface area (Å²) in [4.78, 5) is 137. The maximum absolute atomic E-state index is 16.6. The largest absolute Gasteiger partial charge is 0.462 e. The molecule has 5 unspecified atom stereocenters. The summed E-state index contributed by atoms with van der Waals surface area (Å²) in [6.45, 7) is 10.6. The van der Waals surface area contributed by atoms with Gasteiger partial charge in [-0.05, 0) is 126 Å². The molecule has 132 heavy (non-hydrogen) atoms. The molecule has 0 saturated carbocycles. The van der Waals surface area contributed by atoms with Gasteiger partial charge in [-0.25, -0.2) is 51.0 Å². The van der Waals surface area contributed by atoms with E-state index in [1.165, 1.54) is 72.8 Å². The number of methoxy groups -OCH3 is 2. The Morgan fingerprint density at radius 3 is 1.03 bits per heavy atom. The van der Waals surface area contributed by atoms with Crippen LogP contribution in [-0.2, 0) is 98.7 Å². The second kappa shape index (κ2) is 43.8. The highest BCUT2D eigenvalue weighted by atomic mass is 35.7. The molecule has 6 aliphatic heterocycles. The molecule has 56 heteroatoms. The van der Waals surface area contributed by atoms with Gasteiger partial charge in [-0.2, -0.15) is 10.2 Å². The lowest BCUT2D eigenvalue weighted by Gasteiger charge is -2.29. The monoisotopic (exact) mass is 1970 g/mol. The number of H-pyrrole nitrogens is 4. The number of aliphatic hydroxyl groups is 6. The van der Waals surface area contributed by atoms with Crippen LogP contribution in [0.15, 0.2) is 148 Å². The Labute approximate surface area is 751 Å². The predicted octanol–water partition coefficient (Wildman–Crippen LogP) is 2.22. The fourth-order valence-electron chi connectivity index (χ4n) is 13.3. The number of para-hydroxylation sites is 2. The smallest absolute Gasteiger partial charge is 0.459 e. The van der Waals surface area contributed by atoms with Crippen molar-refractivity contribution in [2.45, 2.75) is 242 Å². The number of rotatable bonds is 30. The van der Waals surface area contributed by atoms with Crippen LogP contribution in [0.2, 0.25) is 0 Å².